The van der Waals surface area contributed by atoms with Gasteiger partial charge in [0.25, 0.3) is 5.91 Å². The van der Waals surface area contributed by atoms with Gasteiger partial charge < -0.3 is 24.3 Å². The highest BCUT2D eigenvalue weighted by atomic mass is 35.5. The summed E-state index contributed by atoms with van der Waals surface area (Å²) in [4.78, 5) is 24.8. The number of carbonyl (C=O) groups is 2. The maximum absolute atomic E-state index is 12.7. The molecule has 0 heterocycles. The Labute approximate surface area is 191 Å². The Morgan fingerprint density at radius 2 is 1.69 bits per heavy atom. The molecule has 1 unspecified atom stereocenters. The minimum absolute atomic E-state index is 0.263. The van der Waals surface area contributed by atoms with Crippen LogP contribution in [0.25, 0.3) is 0 Å². The van der Waals surface area contributed by atoms with Gasteiger partial charge in [0.15, 0.2) is 28.8 Å². The standard InChI is InChI=1S/C22H26ClN3O6/c1-6-31-19-12-15(10-16(23)21(19)32-7-2)24-22(28)20(13(3)27)26-25-14-8-9-17(29-4)18(11-14)30-5/h8-12,20H,6-7H2,1-5H3,(H,24,28). The van der Waals surface area contributed by atoms with E-state index in [1.54, 1.807) is 24.3 Å². The molecule has 0 aliphatic carbocycles. The first-order chi connectivity index (χ1) is 15.3. The number of rotatable bonds is 11. The van der Waals surface area contributed by atoms with E-state index < -0.39 is 17.7 Å². The molecule has 2 rings (SSSR count). The van der Waals surface area contributed by atoms with Crippen LogP contribution in [0, 0.1) is 0 Å². The summed E-state index contributed by atoms with van der Waals surface area (Å²) in [7, 11) is 3.00. The van der Waals surface area contributed by atoms with Crippen LogP contribution < -0.4 is 24.3 Å². The van der Waals surface area contributed by atoms with Crippen molar-refractivity contribution in [3.8, 4) is 23.0 Å². The Morgan fingerprint density at radius 1 is 1.00 bits per heavy atom. The molecule has 0 bridgehead atoms. The van der Waals surface area contributed by atoms with Crippen LogP contribution in [0.5, 0.6) is 23.0 Å². The number of azo groups is 1. The van der Waals surface area contributed by atoms with Gasteiger partial charge in [-0.2, -0.15) is 10.2 Å². The molecule has 2 aromatic rings. The topological polar surface area (TPSA) is 108 Å². The lowest BCUT2D eigenvalue weighted by atomic mass is 10.2. The molecular formula is C22H26ClN3O6. The van der Waals surface area contributed by atoms with Crippen molar-refractivity contribution in [2.24, 2.45) is 10.2 Å². The number of benzene rings is 2. The number of hydrogen-bond donors (Lipinski definition) is 1. The Bertz CT molecular complexity index is 996. The number of nitrogens with one attached hydrogen (secondary N) is 1. The lowest BCUT2D eigenvalue weighted by Crippen LogP contribution is -2.31. The zero-order valence-corrected chi connectivity index (χ0v) is 19.4. The number of ether oxygens (including phenoxy) is 4. The van der Waals surface area contributed by atoms with E-state index in [0.29, 0.717) is 47.6 Å². The van der Waals surface area contributed by atoms with Crippen LogP contribution in [-0.2, 0) is 9.59 Å². The van der Waals surface area contributed by atoms with E-state index >= 15 is 0 Å². The molecule has 1 N–H and O–H groups in total. The minimum Gasteiger partial charge on any atom is -0.493 e. The maximum Gasteiger partial charge on any atom is 0.258 e. The maximum atomic E-state index is 12.7. The van der Waals surface area contributed by atoms with Gasteiger partial charge in [0.1, 0.15) is 0 Å². The molecule has 0 spiro atoms. The Morgan fingerprint density at radius 3 is 2.28 bits per heavy atom. The van der Waals surface area contributed by atoms with Crippen LogP contribution in [0.1, 0.15) is 20.8 Å². The number of hydrogen-bond acceptors (Lipinski definition) is 8. The molecule has 0 fully saturated rings. The third-order valence-electron chi connectivity index (χ3n) is 4.15. The summed E-state index contributed by atoms with van der Waals surface area (Å²) >= 11 is 6.28. The zero-order chi connectivity index (χ0) is 23.7. The van der Waals surface area contributed by atoms with Crippen molar-refractivity contribution in [2.75, 3.05) is 32.8 Å². The van der Waals surface area contributed by atoms with Gasteiger partial charge in [-0.05, 0) is 39.0 Å². The van der Waals surface area contributed by atoms with E-state index in [9.17, 15) is 9.59 Å². The number of nitrogens with zero attached hydrogens (tertiary/aromatic N) is 2. The molecule has 0 aliphatic rings. The van der Waals surface area contributed by atoms with Gasteiger partial charge in [0.05, 0.1) is 38.1 Å². The molecule has 1 amide bonds. The van der Waals surface area contributed by atoms with Gasteiger partial charge >= 0.3 is 0 Å². The number of anilines is 1. The first-order valence-corrected chi connectivity index (χ1v) is 10.3. The van der Waals surface area contributed by atoms with Crippen molar-refractivity contribution in [2.45, 2.75) is 26.8 Å². The normalized spacial score (nSPS) is 11.7. The summed E-state index contributed by atoms with van der Waals surface area (Å²) in [6, 6.07) is 6.58. The third kappa shape index (κ3) is 6.34. The molecule has 2 aromatic carbocycles. The molecule has 10 heteroatoms. The van der Waals surface area contributed by atoms with E-state index in [-0.39, 0.29) is 5.02 Å². The minimum atomic E-state index is -1.36. The molecule has 172 valence electrons. The van der Waals surface area contributed by atoms with Gasteiger partial charge in [-0.1, -0.05) is 11.6 Å². The lowest BCUT2D eigenvalue weighted by Gasteiger charge is -2.15. The second-order valence-electron chi connectivity index (χ2n) is 6.41. The number of ketones is 1. The van der Waals surface area contributed by atoms with Gasteiger partial charge in [0.2, 0.25) is 6.04 Å². The van der Waals surface area contributed by atoms with Crippen molar-refractivity contribution in [1.29, 1.82) is 0 Å². The van der Waals surface area contributed by atoms with Crippen molar-refractivity contribution in [3.05, 3.63) is 35.4 Å². The smallest absolute Gasteiger partial charge is 0.258 e. The van der Waals surface area contributed by atoms with Crippen molar-refractivity contribution in [1.82, 2.24) is 0 Å². The summed E-state index contributed by atoms with van der Waals surface area (Å²) in [5.41, 5.74) is 0.726. The molecule has 1 atom stereocenters. The van der Waals surface area contributed by atoms with Crippen LogP contribution in [0.15, 0.2) is 40.6 Å². The average Bonchev–Trinajstić information content (AvgIpc) is 2.76. The second-order valence-corrected chi connectivity index (χ2v) is 6.82. The third-order valence-corrected chi connectivity index (χ3v) is 4.44. The van der Waals surface area contributed by atoms with Gasteiger partial charge in [-0.25, -0.2) is 0 Å². The van der Waals surface area contributed by atoms with E-state index in [1.165, 1.54) is 27.2 Å². The summed E-state index contributed by atoms with van der Waals surface area (Å²) < 4.78 is 21.5. The fraction of sp³-hybridized carbons (Fsp3) is 0.364. The highest BCUT2D eigenvalue weighted by molar-refractivity contribution is 6.32. The Balaban J connectivity index is 2.26. The number of amides is 1. The van der Waals surface area contributed by atoms with E-state index in [2.05, 4.69) is 15.5 Å². The lowest BCUT2D eigenvalue weighted by molar-refractivity contribution is -0.126. The van der Waals surface area contributed by atoms with Crippen molar-refractivity contribution < 1.29 is 28.5 Å². The molecule has 0 saturated heterocycles. The molecule has 9 nitrogen and oxygen atoms in total. The largest absolute Gasteiger partial charge is 0.493 e. The molecule has 0 aliphatic heterocycles. The highest BCUT2D eigenvalue weighted by Gasteiger charge is 2.24. The first kappa shape index (κ1) is 24.9. The number of methoxy groups -OCH3 is 2. The van der Waals surface area contributed by atoms with Crippen LogP contribution >= 0.6 is 11.6 Å². The fourth-order valence-corrected chi connectivity index (χ4v) is 2.99. The molecule has 0 radical (unpaired) electrons. The second kappa shape index (κ2) is 11.9. The Hall–Kier alpha value is -3.33. The van der Waals surface area contributed by atoms with Crippen LogP contribution in [0.3, 0.4) is 0 Å². The summed E-state index contributed by atoms with van der Waals surface area (Å²) in [6.45, 7) is 5.67. The summed E-state index contributed by atoms with van der Waals surface area (Å²) in [5, 5.41) is 10.8. The van der Waals surface area contributed by atoms with Crippen LogP contribution in [-0.4, -0.2) is 45.2 Å². The fourth-order valence-electron chi connectivity index (χ4n) is 2.73. The SMILES string of the molecule is CCOc1cc(NC(=O)C(N=Nc2ccc(OC)c(OC)c2)C(C)=O)cc(Cl)c1OCC. The Kier molecular flexibility index (Phi) is 9.27. The molecule has 0 saturated carbocycles. The number of halogens is 1. The zero-order valence-electron chi connectivity index (χ0n) is 18.6. The summed E-state index contributed by atoms with van der Waals surface area (Å²) in [5.74, 6) is 0.581. The quantitative estimate of drug-likeness (QED) is 0.377. The van der Waals surface area contributed by atoms with Gasteiger partial charge in [-0.15, -0.1) is 0 Å². The number of carbonyl (C=O) groups excluding carboxylic acids is 2. The van der Waals surface area contributed by atoms with Gasteiger partial charge in [0, 0.05) is 17.8 Å². The van der Waals surface area contributed by atoms with E-state index in [1.807, 2.05) is 13.8 Å². The number of Topliss-reactive ketones (excluding diaryl/α,β-unsaturated/α-hetero) is 1. The van der Waals surface area contributed by atoms with E-state index in [4.69, 9.17) is 30.5 Å². The predicted octanol–water partition coefficient (Wildman–Crippen LogP) is 4.83. The molecule has 32 heavy (non-hydrogen) atoms. The average molecular weight is 464 g/mol. The van der Waals surface area contributed by atoms with Crippen molar-refractivity contribution in [3.63, 3.8) is 0 Å². The highest BCUT2D eigenvalue weighted by Crippen LogP contribution is 2.38. The monoisotopic (exact) mass is 463 g/mol. The molecular weight excluding hydrogens is 438 g/mol. The van der Waals surface area contributed by atoms with E-state index in [0.717, 1.165) is 0 Å². The van der Waals surface area contributed by atoms with Crippen LogP contribution in [0.2, 0.25) is 5.02 Å². The van der Waals surface area contributed by atoms with Crippen LogP contribution in [0.4, 0.5) is 11.4 Å². The van der Waals surface area contributed by atoms with Crippen molar-refractivity contribution >= 4 is 34.7 Å². The molecule has 0 aromatic heterocycles. The summed E-state index contributed by atoms with van der Waals surface area (Å²) in [6.07, 6.45) is 0. The first-order valence-electron chi connectivity index (χ1n) is 9.87. The predicted molar refractivity (Wildman–Crippen MR) is 121 cm³/mol. The van der Waals surface area contributed by atoms with Gasteiger partial charge in [-0.3, -0.25) is 9.59 Å².